The molecule has 0 aromatic carbocycles. The van der Waals surface area contributed by atoms with Crippen LogP contribution in [0, 0.1) is 0 Å². The van der Waals surface area contributed by atoms with Crippen molar-refractivity contribution in [3.05, 3.63) is 24.0 Å². The van der Waals surface area contributed by atoms with Crippen molar-refractivity contribution in [1.82, 2.24) is 30.8 Å². The molecule has 0 bridgehead atoms. The van der Waals surface area contributed by atoms with E-state index in [1.54, 1.807) is 0 Å². The van der Waals surface area contributed by atoms with E-state index in [1.807, 2.05) is 13.8 Å². The van der Waals surface area contributed by atoms with E-state index in [4.69, 9.17) is 9.47 Å². The summed E-state index contributed by atoms with van der Waals surface area (Å²) in [7, 11) is 0. The van der Waals surface area contributed by atoms with Crippen LogP contribution in [0.25, 0.3) is 11.4 Å². The lowest BCUT2D eigenvalue weighted by molar-refractivity contribution is -0.146. The number of H-pyrrole nitrogens is 2. The Morgan fingerprint density at radius 3 is 2.52 bits per heavy atom. The molecule has 160 valence electrons. The van der Waals surface area contributed by atoms with E-state index in [1.165, 1.54) is 31.8 Å². The summed E-state index contributed by atoms with van der Waals surface area (Å²) in [4.78, 5) is 0. The molecule has 0 unspecified atom stereocenters. The van der Waals surface area contributed by atoms with Crippen LogP contribution in [0.3, 0.4) is 0 Å². The van der Waals surface area contributed by atoms with Gasteiger partial charge >= 0.3 is 0 Å². The lowest BCUT2D eigenvalue weighted by Crippen LogP contribution is -2.25. The van der Waals surface area contributed by atoms with Crippen molar-refractivity contribution in [2.75, 3.05) is 0 Å². The van der Waals surface area contributed by atoms with Crippen molar-refractivity contribution in [3.63, 3.8) is 0 Å². The summed E-state index contributed by atoms with van der Waals surface area (Å²) in [5.74, 6) is -0.623. The Morgan fingerprint density at radius 1 is 1.07 bits per heavy atom. The first kappa shape index (κ1) is 21.6. The zero-order chi connectivity index (χ0) is 20.9. The fourth-order valence-electron chi connectivity index (χ4n) is 3.80. The SMILES string of the molecule is C=C[C@@H](O)c1nn[nH]c1-c1[nH]nnc1C[C@H]1OC(C)(C)O[C@@H]1CCCCCCC. The van der Waals surface area contributed by atoms with E-state index in [-0.39, 0.29) is 12.2 Å². The zero-order valence-electron chi connectivity index (χ0n) is 17.5. The molecule has 0 aliphatic carbocycles. The monoisotopic (exact) mass is 404 g/mol. The maximum absolute atomic E-state index is 10.1. The maximum Gasteiger partial charge on any atom is 0.163 e. The number of aromatic nitrogens is 6. The van der Waals surface area contributed by atoms with Crippen molar-refractivity contribution in [2.24, 2.45) is 0 Å². The van der Waals surface area contributed by atoms with Crippen LogP contribution in [0.15, 0.2) is 12.7 Å². The number of hydrogen-bond acceptors (Lipinski definition) is 7. The van der Waals surface area contributed by atoms with Gasteiger partial charge in [-0.15, -0.1) is 16.8 Å². The van der Waals surface area contributed by atoms with E-state index in [2.05, 4.69) is 44.3 Å². The second kappa shape index (κ2) is 9.60. The van der Waals surface area contributed by atoms with Crippen LogP contribution in [-0.4, -0.2) is 53.9 Å². The zero-order valence-corrected chi connectivity index (χ0v) is 17.5. The highest BCUT2D eigenvalue weighted by molar-refractivity contribution is 5.59. The summed E-state index contributed by atoms with van der Waals surface area (Å²) in [6.07, 6.45) is 7.94. The highest BCUT2D eigenvalue weighted by Gasteiger charge is 2.41. The molecular formula is C20H32N6O3. The third kappa shape index (κ3) is 5.29. The number of nitrogens with one attached hydrogen (secondary N) is 2. The molecular weight excluding hydrogens is 372 g/mol. The van der Waals surface area contributed by atoms with Crippen LogP contribution >= 0.6 is 0 Å². The van der Waals surface area contributed by atoms with E-state index in [0.29, 0.717) is 23.5 Å². The molecule has 3 N–H and O–H groups in total. The molecule has 29 heavy (non-hydrogen) atoms. The second-order valence-corrected chi connectivity index (χ2v) is 8.01. The van der Waals surface area contributed by atoms with Gasteiger partial charge in [0.2, 0.25) is 0 Å². The molecule has 9 heteroatoms. The van der Waals surface area contributed by atoms with Crippen molar-refractivity contribution >= 4 is 0 Å². The molecule has 1 aliphatic heterocycles. The molecule has 2 aromatic heterocycles. The van der Waals surface area contributed by atoms with Crippen LogP contribution in [-0.2, 0) is 15.9 Å². The first-order valence-electron chi connectivity index (χ1n) is 10.4. The van der Waals surface area contributed by atoms with Crippen LogP contribution < -0.4 is 0 Å². The van der Waals surface area contributed by atoms with E-state index < -0.39 is 11.9 Å². The number of nitrogens with zero attached hydrogens (tertiary/aromatic N) is 4. The fraction of sp³-hybridized carbons (Fsp3) is 0.700. The van der Waals surface area contributed by atoms with Crippen molar-refractivity contribution < 1.29 is 14.6 Å². The minimum absolute atomic E-state index is 0.00861. The van der Waals surface area contributed by atoms with Crippen LogP contribution in [0.1, 0.15) is 76.8 Å². The van der Waals surface area contributed by atoms with Crippen LogP contribution in [0.2, 0.25) is 0 Å². The molecule has 0 amide bonds. The van der Waals surface area contributed by atoms with Crippen LogP contribution in [0.4, 0.5) is 0 Å². The quantitative estimate of drug-likeness (QED) is 0.388. The normalized spacial score (nSPS) is 22.1. The van der Waals surface area contributed by atoms with Gasteiger partial charge in [0, 0.05) is 6.42 Å². The van der Waals surface area contributed by atoms with E-state index >= 15 is 0 Å². The smallest absolute Gasteiger partial charge is 0.163 e. The Kier molecular flexibility index (Phi) is 7.15. The largest absolute Gasteiger partial charge is 0.383 e. The predicted molar refractivity (Wildman–Crippen MR) is 108 cm³/mol. The molecule has 3 atom stereocenters. The number of aromatic amines is 2. The summed E-state index contributed by atoms with van der Waals surface area (Å²) in [5, 5.41) is 31.8. The molecule has 0 spiro atoms. The molecule has 0 radical (unpaired) electrons. The molecule has 0 saturated carbocycles. The Morgan fingerprint density at radius 2 is 1.76 bits per heavy atom. The minimum Gasteiger partial charge on any atom is -0.383 e. The van der Waals surface area contributed by atoms with Gasteiger partial charge in [0.05, 0.1) is 17.9 Å². The summed E-state index contributed by atoms with van der Waals surface area (Å²) in [5.41, 5.74) is 2.28. The van der Waals surface area contributed by atoms with Crippen LogP contribution in [0.5, 0.6) is 0 Å². The average molecular weight is 405 g/mol. The van der Waals surface area contributed by atoms with E-state index in [0.717, 1.165) is 18.5 Å². The first-order chi connectivity index (χ1) is 13.9. The molecule has 9 nitrogen and oxygen atoms in total. The Hall–Kier alpha value is -2.10. The van der Waals surface area contributed by atoms with Crippen molar-refractivity contribution in [1.29, 1.82) is 0 Å². The van der Waals surface area contributed by atoms with Gasteiger partial charge in [0.25, 0.3) is 0 Å². The van der Waals surface area contributed by atoms with Crippen molar-refractivity contribution in [2.45, 2.75) is 89.8 Å². The highest BCUT2D eigenvalue weighted by Crippen LogP contribution is 2.34. The Bertz CT molecular complexity index is 787. The number of hydrogen-bond donors (Lipinski definition) is 3. The van der Waals surface area contributed by atoms with Gasteiger partial charge in [0.15, 0.2) is 5.79 Å². The standard InChI is InChI=1S/C20H32N6O3/c1-5-7-8-9-10-11-15-16(29-20(3,4)28-15)12-13-17(22-25-21-13)19-18(14(27)6-2)23-26-24-19/h6,14-16,27H,2,5,7-12H2,1,3-4H3,(H,21,22,25)(H,23,24,26)/t14-,15-,16-/m1/s1. The molecule has 3 rings (SSSR count). The highest BCUT2D eigenvalue weighted by atomic mass is 16.7. The van der Waals surface area contributed by atoms with Gasteiger partial charge < -0.3 is 14.6 Å². The van der Waals surface area contributed by atoms with Gasteiger partial charge in [0.1, 0.15) is 23.2 Å². The van der Waals surface area contributed by atoms with Gasteiger partial charge in [-0.3, -0.25) is 10.2 Å². The summed E-state index contributed by atoms with van der Waals surface area (Å²) < 4.78 is 12.3. The number of aliphatic hydroxyl groups is 1. The Labute approximate surface area is 171 Å². The lowest BCUT2D eigenvalue weighted by Gasteiger charge is -2.16. The average Bonchev–Trinajstić information content (AvgIpc) is 3.39. The van der Waals surface area contributed by atoms with E-state index in [9.17, 15) is 5.11 Å². The minimum atomic E-state index is -0.930. The number of aliphatic hydroxyl groups excluding tert-OH is 1. The maximum atomic E-state index is 10.1. The molecule has 3 heterocycles. The van der Waals surface area contributed by atoms with Gasteiger partial charge in [-0.05, 0) is 20.3 Å². The first-order valence-corrected chi connectivity index (χ1v) is 10.4. The molecule has 1 saturated heterocycles. The van der Waals surface area contributed by atoms with Crippen molar-refractivity contribution in [3.8, 4) is 11.4 Å². The molecule has 1 fully saturated rings. The fourth-order valence-corrected chi connectivity index (χ4v) is 3.80. The summed E-state index contributed by atoms with van der Waals surface area (Å²) in [6, 6.07) is 0. The summed E-state index contributed by atoms with van der Waals surface area (Å²) >= 11 is 0. The predicted octanol–water partition coefficient (Wildman–Crippen LogP) is 3.23. The third-order valence-electron chi connectivity index (χ3n) is 5.22. The van der Waals surface area contributed by atoms with Gasteiger partial charge in [-0.2, -0.15) is 0 Å². The number of ether oxygens (including phenoxy) is 2. The summed E-state index contributed by atoms with van der Waals surface area (Å²) in [6.45, 7) is 9.71. The third-order valence-corrected chi connectivity index (χ3v) is 5.22. The topological polar surface area (TPSA) is 122 Å². The lowest BCUT2D eigenvalue weighted by atomic mass is 10.00. The number of unbranched alkanes of at least 4 members (excludes halogenated alkanes) is 4. The number of rotatable bonds is 11. The molecule has 2 aromatic rings. The Balaban J connectivity index is 1.71. The van der Waals surface area contributed by atoms with Gasteiger partial charge in [-0.25, -0.2) is 0 Å². The molecule has 1 aliphatic rings. The second-order valence-electron chi connectivity index (χ2n) is 8.01. The van der Waals surface area contributed by atoms with Gasteiger partial charge in [-0.1, -0.05) is 55.5 Å².